The number of fused-ring (bicyclic) bond motifs is 1. The summed E-state index contributed by atoms with van der Waals surface area (Å²) in [6.45, 7) is -2.98. The van der Waals surface area contributed by atoms with Crippen molar-refractivity contribution >= 4 is 22.9 Å². The molecule has 3 aromatic carbocycles. The number of rotatable bonds is 7. The summed E-state index contributed by atoms with van der Waals surface area (Å²) in [5.74, 6) is 0.329. The van der Waals surface area contributed by atoms with Crippen molar-refractivity contribution in [2.24, 2.45) is 5.10 Å². The van der Waals surface area contributed by atoms with Crippen LogP contribution in [-0.2, 0) is 0 Å². The van der Waals surface area contributed by atoms with E-state index >= 15 is 0 Å². The smallest absolute Gasteiger partial charge is 0.387 e. The predicted molar refractivity (Wildman–Crippen MR) is 105 cm³/mol. The van der Waals surface area contributed by atoms with Crippen LogP contribution in [0.4, 0.5) is 8.78 Å². The summed E-state index contributed by atoms with van der Waals surface area (Å²) in [5, 5.41) is 5.39. The molecule has 0 spiro atoms. The minimum atomic E-state index is -2.98. The van der Waals surface area contributed by atoms with Crippen LogP contribution in [0.1, 0.15) is 15.9 Å². The third kappa shape index (κ3) is 4.78. The molecule has 0 bridgehead atoms. The van der Waals surface area contributed by atoms with E-state index in [1.54, 1.807) is 24.3 Å². The molecule has 29 heavy (non-hydrogen) atoms. The Balaban J connectivity index is 1.88. The largest absolute Gasteiger partial charge is 0.497 e. The molecule has 0 aliphatic rings. The summed E-state index contributed by atoms with van der Waals surface area (Å²) in [7, 11) is 2.94. The van der Waals surface area contributed by atoms with Crippen molar-refractivity contribution in [1.82, 2.24) is 5.43 Å². The van der Waals surface area contributed by atoms with E-state index < -0.39 is 12.5 Å². The first-order valence-corrected chi connectivity index (χ1v) is 8.55. The van der Waals surface area contributed by atoms with Crippen molar-refractivity contribution in [2.75, 3.05) is 14.2 Å². The van der Waals surface area contributed by atoms with E-state index in [9.17, 15) is 13.6 Å². The fourth-order valence-corrected chi connectivity index (χ4v) is 2.77. The summed E-state index contributed by atoms with van der Waals surface area (Å²) in [6.07, 6.45) is 1.27. The number of hydrazone groups is 1. The Kier molecular flexibility index (Phi) is 6.23. The lowest BCUT2D eigenvalue weighted by atomic mass is 10.0. The zero-order chi connectivity index (χ0) is 20.8. The molecule has 3 rings (SSSR count). The second kappa shape index (κ2) is 9.01. The molecule has 0 atom stereocenters. The first kappa shape index (κ1) is 20.1. The van der Waals surface area contributed by atoms with Crippen LogP contribution in [0.15, 0.2) is 59.7 Å². The maximum atomic E-state index is 12.8. The number of ether oxygens (including phenoxy) is 3. The van der Waals surface area contributed by atoms with Crippen LogP contribution >= 0.6 is 0 Å². The minimum Gasteiger partial charge on any atom is -0.497 e. The van der Waals surface area contributed by atoms with Gasteiger partial charge in [-0.15, -0.1) is 0 Å². The van der Waals surface area contributed by atoms with Gasteiger partial charge in [0.05, 0.1) is 20.4 Å². The maximum Gasteiger partial charge on any atom is 0.387 e. The molecule has 0 fully saturated rings. The zero-order valence-corrected chi connectivity index (χ0v) is 15.7. The van der Waals surface area contributed by atoms with Crippen molar-refractivity contribution in [3.63, 3.8) is 0 Å². The maximum absolute atomic E-state index is 12.8. The SMILES string of the molecule is COc1cc(OC)cc(C(=O)N/N=C\c2c(OC(F)F)ccc3ccccc23)c1. The monoisotopic (exact) mass is 400 g/mol. The molecule has 150 valence electrons. The van der Waals surface area contributed by atoms with Gasteiger partial charge in [-0.3, -0.25) is 4.79 Å². The van der Waals surface area contributed by atoms with Gasteiger partial charge in [0.15, 0.2) is 0 Å². The van der Waals surface area contributed by atoms with Crippen LogP contribution in [0.2, 0.25) is 0 Å². The molecule has 0 saturated heterocycles. The van der Waals surface area contributed by atoms with Gasteiger partial charge in [-0.2, -0.15) is 13.9 Å². The molecule has 0 heterocycles. The standard InChI is InChI=1S/C21H18F2N2O4/c1-27-15-9-14(10-16(11-15)28-2)20(26)25-24-12-18-17-6-4-3-5-13(17)7-8-19(18)29-21(22)23/h3-12,21H,1-2H3,(H,25,26)/b24-12-. The number of methoxy groups -OCH3 is 2. The number of nitrogens with zero attached hydrogens (tertiary/aromatic N) is 1. The van der Waals surface area contributed by atoms with Crippen LogP contribution in [0, 0.1) is 0 Å². The molecule has 8 heteroatoms. The summed E-state index contributed by atoms with van der Waals surface area (Å²) < 4.78 is 40.4. The van der Waals surface area contributed by atoms with Crippen LogP contribution in [0.5, 0.6) is 17.2 Å². The number of benzene rings is 3. The summed E-state index contributed by atoms with van der Waals surface area (Å²) in [5.41, 5.74) is 2.96. The predicted octanol–water partition coefficient (Wildman–Crippen LogP) is 4.22. The number of alkyl halides is 2. The third-order valence-electron chi connectivity index (χ3n) is 4.12. The zero-order valence-electron chi connectivity index (χ0n) is 15.7. The molecule has 0 unspecified atom stereocenters. The molecule has 6 nitrogen and oxygen atoms in total. The molecule has 0 saturated carbocycles. The molecular formula is C21H18F2N2O4. The van der Waals surface area contributed by atoms with E-state index in [0.717, 1.165) is 5.39 Å². The quantitative estimate of drug-likeness (QED) is 0.476. The summed E-state index contributed by atoms with van der Waals surface area (Å²) in [4.78, 5) is 12.4. The van der Waals surface area contributed by atoms with E-state index in [1.807, 2.05) is 12.1 Å². The highest BCUT2D eigenvalue weighted by atomic mass is 19.3. The minimum absolute atomic E-state index is 0.0419. The highest BCUT2D eigenvalue weighted by Crippen LogP contribution is 2.28. The van der Waals surface area contributed by atoms with Gasteiger partial charge in [0.1, 0.15) is 17.2 Å². The van der Waals surface area contributed by atoms with Crippen LogP contribution in [0.25, 0.3) is 10.8 Å². The van der Waals surface area contributed by atoms with Gasteiger partial charge < -0.3 is 14.2 Å². The average molecular weight is 400 g/mol. The van der Waals surface area contributed by atoms with Crippen molar-refractivity contribution in [3.05, 3.63) is 65.7 Å². The highest BCUT2D eigenvalue weighted by Gasteiger charge is 2.13. The van der Waals surface area contributed by atoms with Crippen LogP contribution < -0.4 is 19.6 Å². The van der Waals surface area contributed by atoms with E-state index in [1.165, 1.54) is 38.6 Å². The highest BCUT2D eigenvalue weighted by molar-refractivity contribution is 6.03. The number of hydrogen-bond donors (Lipinski definition) is 1. The Bertz CT molecular complexity index is 1030. The average Bonchev–Trinajstić information content (AvgIpc) is 2.74. The van der Waals surface area contributed by atoms with Crippen molar-refractivity contribution in [1.29, 1.82) is 0 Å². The van der Waals surface area contributed by atoms with Crippen molar-refractivity contribution in [3.8, 4) is 17.2 Å². The Morgan fingerprint density at radius 3 is 2.38 bits per heavy atom. The second-order valence-electron chi connectivity index (χ2n) is 5.88. The lowest BCUT2D eigenvalue weighted by molar-refractivity contribution is -0.0498. The van der Waals surface area contributed by atoms with E-state index in [-0.39, 0.29) is 11.3 Å². The van der Waals surface area contributed by atoms with Gasteiger partial charge in [0.2, 0.25) is 0 Å². The van der Waals surface area contributed by atoms with Crippen LogP contribution in [0.3, 0.4) is 0 Å². The molecule has 1 N–H and O–H groups in total. The van der Waals surface area contributed by atoms with Gasteiger partial charge in [-0.1, -0.05) is 30.3 Å². The van der Waals surface area contributed by atoms with Crippen molar-refractivity contribution < 1.29 is 27.8 Å². The molecular weight excluding hydrogens is 382 g/mol. The molecule has 0 aliphatic carbocycles. The number of halogens is 2. The lowest BCUT2D eigenvalue weighted by Gasteiger charge is -2.11. The van der Waals surface area contributed by atoms with Crippen LogP contribution in [-0.4, -0.2) is 33.0 Å². The first-order valence-electron chi connectivity index (χ1n) is 8.55. The lowest BCUT2D eigenvalue weighted by Crippen LogP contribution is -2.18. The molecule has 0 radical (unpaired) electrons. The number of carbonyl (C=O) groups is 1. The number of carbonyl (C=O) groups excluding carboxylic acids is 1. The Morgan fingerprint density at radius 2 is 1.72 bits per heavy atom. The van der Waals surface area contributed by atoms with E-state index in [2.05, 4.69) is 15.3 Å². The number of amides is 1. The van der Waals surface area contributed by atoms with Gasteiger partial charge in [0.25, 0.3) is 5.91 Å². The fraction of sp³-hybridized carbons (Fsp3) is 0.143. The van der Waals surface area contributed by atoms with E-state index in [4.69, 9.17) is 9.47 Å². The molecule has 3 aromatic rings. The topological polar surface area (TPSA) is 69.2 Å². The normalized spacial score (nSPS) is 11.1. The van der Waals surface area contributed by atoms with E-state index in [0.29, 0.717) is 22.4 Å². The molecule has 0 aliphatic heterocycles. The van der Waals surface area contributed by atoms with Gasteiger partial charge in [-0.25, -0.2) is 5.43 Å². The Hall–Kier alpha value is -3.68. The number of nitrogens with one attached hydrogen (secondary N) is 1. The fourth-order valence-electron chi connectivity index (χ4n) is 2.77. The summed E-state index contributed by atoms with van der Waals surface area (Å²) >= 11 is 0. The first-order chi connectivity index (χ1) is 14.0. The van der Waals surface area contributed by atoms with Gasteiger partial charge in [0, 0.05) is 17.2 Å². The Labute approximate surface area is 165 Å². The van der Waals surface area contributed by atoms with Crippen molar-refractivity contribution in [2.45, 2.75) is 6.61 Å². The van der Waals surface area contributed by atoms with Gasteiger partial charge >= 0.3 is 6.61 Å². The Morgan fingerprint density at radius 1 is 1.03 bits per heavy atom. The number of hydrogen-bond acceptors (Lipinski definition) is 5. The van der Waals surface area contributed by atoms with Gasteiger partial charge in [-0.05, 0) is 29.0 Å². The molecule has 1 amide bonds. The summed E-state index contributed by atoms with van der Waals surface area (Å²) in [6, 6.07) is 15.0. The second-order valence-corrected chi connectivity index (χ2v) is 5.88. The third-order valence-corrected chi connectivity index (χ3v) is 4.12. The molecule has 0 aromatic heterocycles.